The summed E-state index contributed by atoms with van der Waals surface area (Å²) >= 11 is 2.23. The molecule has 3 rings (SSSR count). The summed E-state index contributed by atoms with van der Waals surface area (Å²) in [4.78, 5) is 10.0. The van der Waals surface area contributed by atoms with Gasteiger partial charge in [-0.1, -0.05) is 19.3 Å². The first-order valence-corrected chi connectivity index (χ1v) is 11.3. The Morgan fingerprint density at radius 1 is 1.15 bits per heavy atom. The maximum absolute atomic E-state index is 5.42. The number of ether oxygens (including phenoxy) is 1. The van der Waals surface area contributed by atoms with Gasteiger partial charge in [-0.3, -0.25) is 9.89 Å². The van der Waals surface area contributed by atoms with E-state index in [-0.39, 0.29) is 24.0 Å². The van der Waals surface area contributed by atoms with E-state index in [2.05, 4.69) is 33.8 Å². The van der Waals surface area contributed by atoms with E-state index >= 15 is 0 Å². The van der Waals surface area contributed by atoms with E-state index in [1.807, 2.05) is 0 Å². The molecule has 2 saturated heterocycles. The van der Waals surface area contributed by atoms with Crippen LogP contribution in [0.2, 0.25) is 0 Å². The van der Waals surface area contributed by atoms with Crippen LogP contribution in [-0.2, 0) is 4.74 Å². The summed E-state index contributed by atoms with van der Waals surface area (Å²) < 4.78 is 5.92. The van der Waals surface area contributed by atoms with Crippen LogP contribution in [0.3, 0.4) is 0 Å². The molecule has 1 N–H and O–H groups in total. The molecule has 2 heterocycles. The summed E-state index contributed by atoms with van der Waals surface area (Å²) in [5, 5.41) is 3.55. The number of halogens is 1. The highest BCUT2D eigenvalue weighted by atomic mass is 127. The Bertz CT molecular complexity index is 420. The third kappa shape index (κ3) is 6.71. The Labute approximate surface area is 181 Å². The quantitative estimate of drug-likeness (QED) is 0.274. The Balaban J connectivity index is 0.00000243. The van der Waals surface area contributed by atoms with Gasteiger partial charge in [0.15, 0.2) is 5.96 Å². The van der Waals surface area contributed by atoms with Crippen molar-refractivity contribution in [3.63, 3.8) is 0 Å². The van der Waals surface area contributed by atoms with E-state index in [1.165, 1.54) is 44.4 Å². The minimum absolute atomic E-state index is 0. The molecule has 7 heteroatoms. The number of thioether (sulfide) groups is 1. The van der Waals surface area contributed by atoms with E-state index in [0.29, 0.717) is 4.75 Å². The molecule has 3 fully saturated rings. The lowest BCUT2D eigenvalue weighted by Gasteiger charge is -2.45. The van der Waals surface area contributed by atoms with Crippen LogP contribution >= 0.6 is 35.7 Å². The van der Waals surface area contributed by atoms with Gasteiger partial charge in [0.1, 0.15) is 0 Å². The van der Waals surface area contributed by atoms with Crippen LogP contribution in [0.15, 0.2) is 4.99 Å². The van der Waals surface area contributed by atoms with Gasteiger partial charge in [0.05, 0.1) is 13.2 Å². The molecule has 1 spiro atoms. The zero-order valence-corrected chi connectivity index (χ0v) is 19.5. The van der Waals surface area contributed by atoms with Gasteiger partial charge in [0.25, 0.3) is 0 Å². The first-order chi connectivity index (χ1) is 12.3. The van der Waals surface area contributed by atoms with E-state index in [4.69, 9.17) is 9.73 Å². The minimum atomic E-state index is 0. The molecule has 0 bridgehead atoms. The maximum Gasteiger partial charge on any atom is 0.193 e. The van der Waals surface area contributed by atoms with Crippen LogP contribution in [0.1, 0.15) is 45.4 Å². The number of hydrogen-bond donors (Lipinski definition) is 1. The van der Waals surface area contributed by atoms with Crippen molar-refractivity contribution in [3.8, 4) is 0 Å². The number of rotatable bonds is 5. The number of aliphatic imine (C=N–C) groups is 1. The van der Waals surface area contributed by atoms with Crippen LogP contribution < -0.4 is 5.32 Å². The first-order valence-electron chi connectivity index (χ1n) is 10.3. The summed E-state index contributed by atoms with van der Waals surface area (Å²) in [7, 11) is 0. The third-order valence-electron chi connectivity index (χ3n) is 5.65. The Morgan fingerprint density at radius 3 is 2.65 bits per heavy atom. The molecule has 1 aliphatic carbocycles. The number of morpholine rings is 1. The highest BCUT2D eigenvalue weighted by molar-refractivity contribution is 14.0. The van der Waals surface area contributed by atoms with Crippen LogP contribution in [0.5, 0.6) is 0 Å². The van der Waals surface area contributed by atoms with Gasteiger partial charge >= 0.3 is 0 Å². The lowest BCUT2D eigenvalue weighted by Crippen LogP contribution is -2.53. The molecule has 3 aliphatic rings. The molecular formula is C19H37IN4OS. The highest BCUT2D eigenvalue weighted by Gasteiger charge is 2.38. The molecule has 0 atom stereocenters. The number of nitrogens with one attached hydrogen (secondary N) is 1. The van der Waals surface area contributed by atoms with E-state index in [1.54, 1.807) is 0 Å². The van der Waals surface area contributed by atoms with Crippen molar-refractivity contribution in [2.75, 3.05) is 64.8 Å². The Kier molecular flexibility index (Phi) is 10.4. The van der Waals surface area contributed by atoms with Gasteiger partial charge in [0, 0.05) is 56.3 Å². The van der Waals surface area contributed by atoms with Crippen molar-refractivity contribution >= 4 is 41.7 Å². The first kappa shape index (κ1) is 22.6. The summed E-state index contributed by atoms with van der Waals surface area (Å²) in [6.45, 7) is 11.5. The number of guanidine groups is 1. The molecule has 2 aliphatic heterocycles. The van der Waals surface area contributed by atoms with E-state index < -0.39 is 0 Å². The number of hydrogen-bond acceptors (Lipinski definition) is 4. The second-order valence-electron chi connectivity index (χ2n) is 7.56. The van der Waals surface area contributed by atoms with E-state index in [0.717, 1.165) is 64.9 Å². The topological polar surface area (TPSA) is 40.1 Å². The summed E-state index contributed by atoms with van der Waals surface area (Å²) in [5.41, 5.74) is 0. The van der Waals surface area contributed by atoms with Crippen molar-refractivity contribution in [3.05, 3.63) is 0 Å². The van der Waals surface area contributed by atoms with Crippen LogP contribution in [0.4, 0.5) is 0 Å². The monoisotopic (exact) mass is 496 g/mol. The maximum atomic E-state index is 5.42. The minimum Gasteiger partial charge on any atom is -0.379 e. The SMILES string of the molecule is CCNC(=NCCCN1CCOCC1)N1CCSC2(CCCCC2)C1.I. The zero-order valence-electron chi connectivity index (χ0n) is 16.4. The fraction of sp³-hybridized carbons (Fsp3) is 0.947. The summed E-state index contributed by atoms with van der Waals surface area (Å²) in [6, 6.07) is 0. The predicted octanol–water partition coefficient (Wildman–Crippen LogP) is 3.04. The molecule has 0 aromatic rings. The molecule has 0 aromatic heterocycles. The molecular weight excluding hydrogens is 459 g/mol. The summed E-state index contributed by atoms with van der Waals surface area (Å²) in [5.74, 6) is 2.40. The van der Waals surface area contributed by atoms with Gasteiger partial charge in [0.2, 0.25) is 0 Å². The molecule has 0 aromatic carbocycles. The van der Waals surface area contributed by atoms with Crippen LogP contribution in [0, 0.1) is 0 Å². The predicted molar refractivity (Wildman–Crippen MR) is 123 cm³/mol. The van der Waals surface area contributed by atoms with Gasteiger partial charge in [-0.15, -0.1) is 24.0 Å². The van der Waals surface area contributed by atoms with Gasteiger partial charge in [-0.05, 0) is 26.2 Å². The normalized spacial score (nSPS) is 24.3. The average Bonchev–Trinajstić information content (AvgIpc) is 2.66. The largest absolute Gasteiger partial charge is 0.379 e. The second kappa shape index (κ2) is 12.0. The molecule has 0 amide bonds. The molecule has 26 heavy (non-hydrogen) atoms. The lowest BCUT2D eigenvalue weighted by atomic mass is 9.87. The van der Waals surface area contributed by atoms with E-state index in [9.17, 15) is 0 Å². The van der Waals surface area contributed by atoms with Gasteiger partial charge in [-0.25, -0.2) is 0 Å². The Hall–Kier alpha value is 0.270. The van der Waals surface area contributed by atoms with Gasteiger partial charge in [-0.2, -0.15) is 11.8 Å². The fourth-order valence-electron chi connectivity index (χ4n) is 4.25. The highest BCUT2D eigenvalue weighted by Crippen LogP contribution is 2.42. The molecule has 152 valence electrons. The molecule has 1 saturated carbocycles. The van der Waals surface area contributed by atoms with Crippen molar-refractivity contribution in [1.82, 2.24) is 15.1 Å². The smallest absolute Gasteiger partial charge is 0.193 e. The van der Waals surface area contributed by atoms with Crippen molar-refractivity contribution in [2.45, 2.75) is 50.2 Å². The van der Waals surface area contributed by atoms with Crippen molar-refractivity contribution in [1.29, 1.82) is 0 Å². The zero-order chi connectivity index (χ0) is 17.4. The third-order valence-corrected chi connectivity index (χ3v) is 7.18. The van der Waals surface area contributed by atoms with Gasteiger partial charge < -0.3 is 15.0 Å². The molecule has 5 nitrogen and oxygen atoms in total. The lowest BCUT2D eigenvalue weighted by molar-refractivity contribution is 0.0377. The standard InChI is InChI=1S/C19H36N4OS.HI/c1-2-20-18(21-9-6-10-22-11-14-24-15-12-22)23-13-16-25-19(17-23)7-4-3-5-8-19;/h2-17H2,1H3,(H,20,21);1H. The second-order valence-corrected chi connectivity index (χ2v) is 9.12. The fourth-order valence-corrected chi connectivity index (χ4v) is 5.82. The average molecular weight is 497 g/mol. The van der Waals surface area contributed by atoms with Crippen LogP contribution in [0.25, 0.3) is 0 Å². The summed E-state index contributed by atoms with van der Waals surface area (Å²) in [6.07, 6.45) is 8.18. The Morgan fingerprint density at radius 2 is 1.92 bits per heavy atom. The molecule has 0 unspecified atom stereocenters. The van der Waals surface area contributed by atoms with Crippen LogP contribution in [-0.4, -0.2) is 85.3 Å². The van der Waals surface area contributed by atoms with Crippen molar-refractivity contribution < 1.29 is 4.74 Å². The van der Waals surface area contributed by atoms with Crippen molar-refractivity contribution in [2.24, 2.45) is 4.99 Å². The molecule has 0 radical (unpaired) electrons. The number of nitrogens with zero attached hydrogens (tertiary/aromatic N) is 3.